The summed E-state index contributed by atoms with van der Waals surface area (Å²) >= 11 is 0. The Labute approximate surface area is 133 Å². The van der Waals surface area contributed by atoms with Gasteiger partial charge in [0.05, 0.1) is 0 Å². The quantitative estimate of drug-likeness (QED) is 0.728. The van der Waals surface area contributed by atoms with Gasteiger partial charge in [0.25, 0.3) is 0 Å². The van der Waals surface area contributed by atoms with E-state index in [1.807, 2.05) is 41.3 Å². The summed E-state index contributed by atoms with van der Waals surface area (Å²) in [5.74, 6) is -1.56. The van der Waals surface area contributed by atoms with Crippen molar-refractivity contribution < 1.29 is 24.3 Å². The first-order valence-corrected chi connectivity index (χ1v) is 8.65. The van der Waals surface area contributed by atoms with Crippen LogP contribution < -0.4 is 0 Å². The van der Waals surface area contributed by atoms with Gasteiger partial charge in [-0.05, 0) is 17.2 Å². The van der Waals surface area contributed by atoms with Crippen LogP contribution in [-0.2, 0) is 15.9 Å². The van der Waals surface area contributed by atoms with Crippen LogP contribution in [0.3, 0.4) is 0 Å². The molecular weight excluding hydrogens is 317 g/mol. The summed E-state index contributed by atoms with van der Waals surface area (Å²) in [6, 6.07) is 9.62. The van der Waals surface area contributed by atoms with E-state index in [0.717, 1.165) is 17.2 Å². The minimum absolute atomic E-state index is 0.539. The number of fused-ring (bicyclic) bond motifs is 1. The van der Waals surface area contributed by atoms with Crippen molar-refractivity contribution in [1.82, 2.24) is 4.90 Å². The van der Waals surface area contributed by atoms with E-state index in [9.17, 15) is 24.3 Å². The molecule has 1 aliphatic heterocycles. The van der Waals surface area contributed by atoms with E-state index >= 15 is 0 Å². The SMILES string of the molecule is O=C(O)C1(P(=O)(O)O)C=CC2=CCN(Cc3ccccc3)C2=C1. The van der Waals surface area contributed by atoms with Crippen LogP contribution >= 0.6 is 7.60 Å². The Balaban J connectivity index is 1.98. The summed E-state index contributed by atoms with van der Waals surface area (Å²) in [7, 11) is -4.90. The second-order valence-corrected chi connectivity index (χ2v) is 7.39. The molecule has 0 radical (unpaired) electrons. The highest BCUT2D eigenvalue weighted by Crippen LogP contribution is 2.55. The van der Waals surface area contributed by atoms with Crippen molar-refractivity contribution in [1.29, 1.82) is 0 Å². The molecule has 7 heteroatoms. The number of carboxylic acid groups (broad SMARTS) is 1. The van der Waals surface area contributed by atoms with Crippen molar-refractivity contribution in [2.45, 2.75) is 11.7 Å². The molecule has 0 aromatic heterocycles. The van der Waals surface area contributed by atoms with Crippen molar-refractivity contribution >= 4 is 13.6 Å². The zero-order valence-corrected chi connectivity index (χ0v) is 13.1. The standard InChI is InChI=1S/C16H16NO5P/c18-15(19)16(23(20,21)22)8-6-13-7-9-17(14(13)10-16)11-12-4-2-1-3-5-12/h1-8,10H,9,11H2,(H,18,19)(H2,20,21,22). The molecule has 1 aliphatic carbocycles. The van der Waals surface area contributed by atoms with Crippen LogP contribution in [0.1, 0.15) is 5.56 Å². The second kappa shape index (κ2) is 5.49. The lowest BCUT2D eigenvalue weighted by molar-refractivity contribution is -0.138. The Kier molecular flexibility index (Phi) is 3.76. The number of allylic oxidation sites excluding steroid dienone is 1. The fraction of sp³-hybridized carbons (Fsp3) is 0.188. The molecule has 0 saturated carbocycles. The Morgan fingerprint density at radius 1 is 1.26 bits per heavy atom. The third-order valence-electron chi connectivity index (χ3n) is 4.08. The molecule has 6 nitrogen and oxygen atoms in total. The Bertz CT molecular complexity index is 777. The highest BCUT2D eigenvalue weighted by Gasteiger charge is 2.52. The first kappa shape index (κ1) is 15.7. The molecule has 3 rings (SSSR count). The number of hydrogen-bond acceptors (Lipinski definition) is 3. The molecule has 23 heavy (non-hydrogen) atoms. The number of benzene rings is 1. The first-order valence-electron chi connectivity index (χ1n) is 7.04. The van der Waals surface area contributed by atoms with Crippen LogP contribution in [0.5, 0.6) is 0 Å². The number of rotatable bonds is 4. The van der Waals surface area contributed by atoms with Gasteiger partial charge >= 0.3 is 13.6 Å². The van der Waals surface area contributed by atoms with Crippen LogP contribution in [0.2, 0.25) is 0 Å². The summed E-state index contributed by atoms with van der Waals surface area (Å²) in [6.45, 7) is 1.11. The lowest BCUT2D eigenvalue weighted by atomic mass is 9.97. The largest absolute Gasteiger partial charge is 0.480 e. The third kappa shape index (κ3) is 2.65. The van der Waals surface area contributed by atoms with Crippen LogP contribution in [0.15, 0.2) is 65.9 Å². The molecule has 1 aromatic rings. The summed E-state index contributed by atoms with van der Waals surface area (Å²) in [4.78, 5) is 32.6. The van der Waals surface area contributed by atoms with Gasteiger partial charge in [0.2, 0.25) is 5.16 Å². The number of nitrogens with zero attached hydrogens (tertiary/aromatic N) is 1. The Morgan fingerprint density at radius 3 is 2.57 bits per heavy atom. The van der Waals surface area contributed by atoms with Gasteiger partial charge in [-0.1, -0.05) is 48.6 Å². The van der Waals surface area contributed by atoms with Crippen molar-refractivity contribution in [2.75, 3.05) is 6.54 Å². The third-order valence-corrected chi connectivity index (χ3v) is 5.52. The number of hydrogen-bond donors (Lipinski definition) is 3. The van der Waals surface area contributed by atoms with Crippen molar-refractivity contribution in [3.8, 4) is 0 Å². The van der Waals surface area contributed by atoms with Gasteiger partial charge in [0, 0.05) is 18.8 Å². The maximum atomic E-state index is 11.8. The van der Waals surface area contributed by atoms with E-state index in [4.69, 9.17) is 0 Å². The van der Waals surface area contributed by atoms with Gasteiger partial charge in [0.15, 0.2) is 0 Å². The summed E-state index contributed by atoms with van der Waals surface area (Å²) in [6.07, 6.45) is 5.65. The van der Waals surface area contributed by atoms with Crippen molar-refractivity contribution in [3.05, 3.63) is 71.5 Å². The molecule has 1 aromatic carbocycles. The van der Waals surface area contributed by atoms with Crippen LogP contribution in [-0.4, -0.2) is 37.5 Å². The molecule has 120 valence electrons. The summed E-state index contributed by atoms with van der Waals surface area (Å²) < 4.78 is 11.8. The highest BCUT2D eigenvalue weighted by atomic mass is 31.2. The van der Waals surface area contributed by atoms with Gasteiger partial charge in [-0.3, -0.25) is 9.36 Å². The van der Waals surface area contributed by atoms with Gasteiger partial charge in [-0.15, -0.1) is 0 Å². The van der Waals surface area contributed by atoms with Crippen molar-refractivity contribution in [2.24, 2.45) is 0 Å². The number of aliphatic carboxylic acids is 1. The molecule has 1 unspecified atom stereocenters. The van der Waals surface area contributed by atoms with Crippen LogP contribution in [0, 0.1) is 0 Å². The van der Waals surface area contributed by atoms with E-state index in [-0.39, 0.29) is 0 Å². The molecule has 0 amide bonds. The van der Waals surface area contributed by atoms with Gasteiger partial charge < -0.3 is 19.8 Å². The average molecular weight is 333 g/mol. The predicted molar refractivity (Wildman–Crippen MR) is 84.6 cm³/mol. The normalized spacial score (nSPS) is 23.3. The minimum Gasteiger partial charge on any atom is -0.480 e. The molecule has 1 atom stereocenters. The zero-order chi connectivity index (χ0) is 16.7. The van der Waals surface area contributed by atoms with Crippen LogP contribution in [0.4, 0.5) is 0 Å². The lowest BCUT2D eigenvalue weighted by Gasteiger charge is -2.30. The van der Waals surface area contributed by atoms with Crippen LogP contribution in [0.25, 0.3) is 0 Å². The molecule has 0 saturated heterocycles. The van der Waals surface area contributed by atoms with E-state index in [1.54, 1.807) is 0 Å². The molecule has 0 fully saturated rings. The predicted octanol–water partition coefficient (Wildman–Crippen LogP) is 1.88. The smallest absolute Gasteiger partial charge is 0.350 e. The number of carboxylic acids is 1. The van der Waals surface area contributed by atoms with E-state index in [2.05, 4.69) is 0 Å². The Hall–Kier alpha value is -2.14. The Morgan fingerprint density at radius 2 is 1.96 bits per heavy atom. The highest BCUT2D eigenvalue weighted by molar-refractivity contribution is 7.55. The fourth-order valence-electron chi connectivity index (χ4n) is 2.79. The maximum absolute atomic E-state index is 11.8. The first-order chi connectivity index (χ1) is 10.8. The average Bonchev–Trinajstić information content (AvgIpc) is 2.89. The molecule has 3 N–H and O–H groups in total. The second-order valence-electron chi connectivity index (χ2n) is 5.56. The lowest BCUT2D eigenvalue weighted by Crippen LogP contribution is -2.37. The maximum Gasteiger partial charge on any atom is 0.350 e. The van der Waals surface area contributed by atoms with Gasteiger partial charge in [0.1, 0.15) is 0 Å². The molecule has 0 bridgehead atoms. The topological polar surface area (TPSA) is 98.1 Å². The van der Waals surface area contributed by atoms with Crippen molar-refractivity contribution in [3.63, 3.8) is 0 Å². The summed E-state index contributed by atoms with van der Waals surface area (Å²) in [5, 5.41) is 7.09. The molecule has 0 spiro atoms. The molecular formula is C16H16NO5P. The van der Waals surface area contributed by atoms with E-state index in [1.165, 1.54) is 12.2 Å². The van der Waals surface area contributed by atoms with E-state index < -0.39 is 18.7 Å². The van der Waals surface area contributed by atoms with Gasteiger partial charge in [-0.25, -0.2) is 0 Å². The molecule has 2 aliphatic rings. The summed E-state index contributed by atoms with van der Waals surface area (Å²) in [5.41, 5.74) is 2.36. The minimum atomic E-state index is -4.90. The van der Waals surface area contributed by atoms with Gasteiger partial charge in [-0.2, -0.15) is 0 Å². The number of carbonyl (C=O) groups is 1. The zero-order valence-electron chi connectivity index (χ0n) is 12.2. The molecule has 1 heterocycles. The fourth-order valence-corrected chi connectivity index (χ4v) is 3.60. The monoisotopic (exact) mass is 333 g/mol. The van der Waals surface area contributed by atoms with E-state index in [0.29, 0.717) is 18.8 Å².